The van der Waals surface area contributed by atoms with E-state index in [-0.39, 0.29) is 24.2 Å². The first-order valence-electron chi connectivity index (χ1n) is 7.35. The van der Waals surface area contributed by atoms with E-state index in [1.54, 1.807) is 18.2 Å². The molecular formula is C17H16F3N3O2. The molecule has 2 aromatic rings. The van der Waals surface area contributed by atoms with Crippen molar-refractivity contribution >= 4 is 5.91 Å². The smallest absolute Gasteiger partial charge is 0.341 e. The van der Waals surface area contributed by atoms with E-state index in [1.165, 1.54) is 19.9 Å². The van der Waals surface area contributed by atoms with Gasteiger partial charge in [-0.2, -0.15) is 18.2 Å². The van der Waals surface area contributed by atoms with Crippen molar-refractivity contribution in [3.63, 3.8) is 0 Å². The summed E-state index contributed by atoms with van der Waals surface area (Å²) >= 11 is 0. The number of alkyl halides is 3. The quantitative estimate of drug-likeness (QED) is 0.839. The number of hydrogen-bond donors (Lipinski definition) is 1. The number of aromatic nitrogens is 2. The molecule has 0 spiro atoms. The topological polar surface area (TPSA) is 68.0 Å². The zero-order valence-electron chi connectivity index (χ0n) is 13.6. The Balaban J connectivity index is 2.25. The summed E-state index contributed by atoms with van der Waals surface area (Å²) in [7, 11) is 0. The van der Waals surface area contributed by atoms with Crippen LogP contribution < -0.4 is 5.32 Å². The van der Waals surface area contributed by atoms with Gasteiger partial charge in [0.05, 0.1) is 18.4 Å². The van der Waals surface area contributed by atoms with Gasteiger partial charge in [0.2, 0.25) is 11.7 Å². The third kappa shape index (κ3) is 4.83. The number of terminal acetylenes is 1. The van der Waals surface area contributed by atoms with Gasteiger partial charge in [0.25, 0.3) is 5.91 Å². The second-order valence-electron chi connectivity index (χ2n) is 6.07. The van der Waals surface area contributed by atoms with Gasteiger partial charge in [-0.25, -0.2) is 0 Å². The first-order valence-corrected chi connectivity index (χ1v) is 7.35. The summed E-state index contributed by atoms with van der Waals surface area (Å²) in [6, 6.07) is 6.32. The van der Waals surface area contributed by atoms with Crippen molar-refractivity contribution in [2.45, 2.75) is 31.9 Å². The van der Waals surface area contributed by atoms with Crippen molar-refractivity contribution in [1.29, 1.82) is 0 Å². The van der Waals surface area contributed by atoms with Crippen LogP contribution in [0.15, 0.2) is 28.8 Å². The van der Waals surface area contributed by atoms with E-state index in [9.17, 15) is 18.0 Å². The minimum atomic E-state index is -4.35. The highest BCUT2D eigenvalue weighted by atomic mass is 19.4. The van der Waals surface area contributed by atoms with Gasteiger partial charge in [-0.15, -0.1) is 6.42 Å². The molecule has 0 bridgehead atoms. The molecule has 2 rings (SSSR count). The van der Waals surface area contributed by atoms with E-state index in [0.29, 0.717) is 11.1 Å². The monoisotopic (exact) mass is 351 g/mol. The highest BCUT2D eigenvalue weighted by molar-refractivity contribution is 5.95. The predicted octanol–water partition coefficient (Wildman–Crippen LogP) is 3.33. The molecule has 0 radical (unpaired) electrons. The second-order valence-corrected chi connectivity index (χ2v) is 6.07. The molecule has 0 unspecified atom stereocenters. The molecule has 1 N–H and O–H groups in total. The Hall–Kier alpha value is -2.82. The summed E-state index contributed by atoms with van der Waals surface area (Å²) in [6.45, 7) is 2.84. The van der Waals surface area contributed by atoms with Crippen LogP contribution >= 0.6 is 0 Å². The number of carbonyl (C=O) groups is 1. The normalized spacial score (nSPS) is 11.8. The van der Waals surface area contributed by atoms with Gasteiger partial charge in [0, 0.05) is 11.1 Å². The maximum atomic E-state index is 12.7. The molecule has 0 saturated carbocycles. The zero-order valence-corrected chi connectivity index (χ0v) is 13.6. The molecule has 1 amide bonds. The highest BCUT2D eigenvalue weighted by Crippen LogP contribution is 2.35. The van der Waals surface area contributed by atoms with E-state index < -0.39 is 18.0 Å². The maximum Gasteiger partial charge on any atom is 0.390 e. The Kier molecular flexibility index (Phi) is 5.16. The lowest BCUT2D eigenvalue weighted by Crippen LogP contribution is -2.26. The predicted molar refractivity (Wildman–Crippen MR) is 84.6 cm³/mol. The summed E-state index contributed by atoms with van der Waals surface area (Å²) < 4.78 is 43.0. The van der Waals surface area contributed by atoms with Gasteiger partial charge in [0.1, 0.15) is 0 Å². The largest absolute Gasteiger partial charge is 0.390 e. The average molecular weight is 351 g/mol. The van der Waals surface area contributed by atoms with Gasteiger partial charge in [-0.3, -0.25) is 4.79 Å². The number of amides is 1. The molecule has 0 atom stereocenters. The minimum Gasteiger partial charge on any atom is -0.341 e. The molecule has 1 aromatic heterocycles. The zero-order chi connectivity index (χ0) is 18.7. The first kappa shape index (κ1) is 18.5. The molecular weight excluding hydrogens is 335 g/mol. The standard InChI is InChI=1S/C17H16F3N3O2/c1-4-8-21-14(24)12-7-5-6-11(9-12)13-22-15(25-23-13)16(2,3)10-17(18,19)20/h1,5-7,9H,8,10H2,2-3H3,(H,21,24). The third-order valence-electron chi connectivity index (χ3n) is 3.38. The Morgan fingerprint density at radius 3 is 2.72 bits per heavy atom. The SMILES string of the molecule is C#CCNC(=O)c1cccc(-c2noc(C(C)(C)CC(F)(F)F)n2)c1. The number of hydrogen-bond acceptors (Lipinski definition) is 4. The molecule has 0 aliphatic carbocycles. The fourth-order valence-corrected chi connectivity index (χ4v) is 2.23. The van der Waals surface area contributed by atoms with Gasteiger partial charge >= 0.3 is 6.18 Å². The van der Waals surface area contributed by atoms with Gasteiger partial charge in [0.15, 0.2) is 0 Å². The Morgan fingerprint density at radius 2 is 2.08 bits per heavy atom. The van der Waals surface area contributed by atoms with E-state index in [2.05, 4.69) is 21.4 Å². The van der Waals surface area contributed by atoms with E-state index in [0.717, 1.165) is 0 Å². The minimum absolute atomic E-state index is 0.0844. The molecule has 5 nitrogen and oxygen atoms in total. The van der Waals surface area contributed by atoms with Crippen LogP contribution in [0, 0.1) is 12.3 Å². The molecule has 1 heterocycles. The first-order chi connectivity index (χ1) is 11.6. The van der Waals surface area contributed by atoms with E-state index >= 15 is 0 Å². The summed E-state index contributed by atoms with van der Waals surface area (Å²) in [4.78, 5) is 16.0. The lowest BCUT2D eigenvalue weighted by atomic mass is 9.89. The lowest BCUT2D eigenvalue weighted by molar-refractivity contribution is -0.147. The van der Waals surface area contributed by atoms with E-state index in [1.807, 2.05) is 0 Å². The Morgan fingerprint density at radius 1 is 1.36 bits per heavy atom. The molecule has 0 fully saturated rings. The third-order valence-corrected chi connectivity index (χ3v) is 3.38. The summed E-state index contributed by atoms with van der Waals surface area (Å²) in [5.41, 5.74) is -0.578. The molecule has 0 saturated heterocycles. The summed E-state index contributed by atoms with van der Waals surface area (Å²) in [6.07, 6.45) is -0.355. The van der Waals surface area contributed by atoms with Crippen LogP contribution in [-0.4, -0.2) is 28.8 Å². The fraction of sp³-hybridized carbons (Fsp3) is 0.353. The highest BCUT2D eigenvalue weighted by Gasteiger charge is 2.41. The van der Waals surface area contributed by atoms with Crippen molar-refractivity contribution < 1.29 is 22.5 Å². The van der Waals surface area contributed by atoms with Crippen LogP contribution in [-0.2, 0) is 5.41 Å². The summed E-state index contributed by atoms with van der Waals surface area (Å²) in [5.74, 6) is 1.90. The molecule has 132 valence electrons. The van der Waals surface area contributed by atoms with Crippen LogP contribution in [0.2, 0.25) is 0 Å². The lowest BCUT2D eigenvalue weighted by Gasteiger charge is -2.21. The van der Waals surface area contributed by atoms with Crippen LogP contribution in [0.1, 0.15) is 36.5 Å². The number of nitrogens with zero attached hydrogens (tertiary/aromatic N) is 2. The average Bonchev–Trinajstić information content (AvgIpc) is 3.01. The number of carbonyl (C=O) groups excluding carboxylic acids is 1. The Labute approximate surface area is 142 Å². The van der Waals surface area contributed by atoms with Crippen molar-refractivity contribution in [2.24, 2.45) is 0 Å². The van der Waals surface area contributed by atoms with Crippen LogP contribution in [0.25, 0.3) is 11.4 Å². The van der Waals surface area contributed by atoms with Crippen molar-refractivity contribution in [1.82, 2.24) is 15.5 Å². The number of rotatable bonds is 5. The van der Waals surface area contributed by atoms with Gasteiger partial charge < -0.3 is 9.84 Å². The van der Waals surface area contributed by atoms with Crippen molar-refractivity contribution in [3.05, 3.63) is 35.7 Å². The molecule has 8 heteroatoms. The molecule has 0 aliphatic heterocycles. The van der Waals surface area contributed by atoms with Crippen LogP contribution in [0.3, 0.4) is 0 Å². The van der Waals surface area contributed by atoms with Crippen LogP contribution in [0.4, 0.5) is 13.2 Å². The van der Waals surface area contributed by atoms with Gasteiger partial charge in [-0.1, -0.05) is 37.1 Å². The van der Waals surface area contributed by atoms with Crippen molar-refractivity contribution in [3.8, 4) is 23.7 Å². The Bertz CT molecular complexity index is 804. The molecule has 0 aliphatic rings. The maximum absolute atomic E-state index is 12.7. The summed E-state index contributed by atoms with van der Waals surface area (Å²) in [5, 5.41) is 6.25. The van der Waals surface area contributed by atoms with Crippen LogP contribution in [0.5, 0.6) is 0 Å². The fourth-order valence-electron chi connectivity index (χ4n) is 2.23. The number of benzene rings is 1. The second kappa shape index (κ2) is 6.97. The van der Waals surface area contributed by atoms with Crippen molar-refractivity contribution in [2.75, 3.05) is 6.54 Å². The van der Waals surface area contributed by atoms with E-state index in [4.69, 9.17) is 10.9 Å². The molecule has 1 aromatic carbocycles. The molecule has 25 heavy (non-hydrogen) atoms. The number of halogens is 3. The van der Waals surface area contributed by atoms with Gasteiger partial charge in [-0.05, 0) is 12.1 Å². The number of nitrogens with one attached hydrogen (secondary N) is 1.